The minimum Gasteiger partial charge on any atom is -0.353 e. The van der Waals surface area contributed by atoms with Gasteiger partial charge in [-0.25, -0.2) is 0 Å². The van der Waals surface area contributed by atoms with Gasteiger partial charge in [0, 0.05) is 25.7 Å². The molecule has 4 atom stereocenters. The van der Waals surface area contributed by atoms with Crippen molar-refractivity contribution in [3.05, 3.63) is 0 Å². The second-order valence-corrected chi connectivity index (χ2v) is 5.98. The largest absolute Gasteiger partial charge is 0.353 e. The maximum Gasteiger partial charge on any atom is 0.157 e. The van der Waals surface area contributed by atoms with Crippen molar-refractivity contribution in [3.8, 4) is 0 Å². The monoisotopic (exact) mass is 254 g/mol. The van der Waals surface area contributed by atoms with E-state index < -0.39 is 0 Å². The van der Waals surface area contributed by atoms with Gasteiger partial charge in [-0.1, -0.05) is 0 Å². The SMILES string of the molecule is CC1C2CNCC2CN1CCOC1CCCCO1. The first kappa shape index (κ1) is 12.9. The fourth-order valence-corrected chi connectivity index (χ4v) is 3.70. The van der Waals surface area contributed by atoms with E-state index in [-0.39, 0.29) is 6.29 Å². The zero-order chi connectivity index (χ0) is 12.4. The number of likely N-dealkylation sites (tertiary alicyclic amines) is 1. The molecule has 0 bridgehead atoms. The maximum atomic E-state index is 5.84. The van der Waals surface area contributed by atoms with Crippen LogP contribution in [0.3, 0.4) is 0 Å². The van der Waals surface area contributed by atoms with Crippen molar-refractivity contribution in [2.75, 3.05) is 39.4 Å². The normalized spacial score (nSPS) is 41.2. The fourth-order valence-electron chi connectivity index (χ4n) is 3.70. The second-order valence-electron chi connectivity index (χ2n) is 5.98. The minimum atomic E-state index is 0.0674. The molecule has 18 heavy (non-hydrogen) atoms. The van der Waals surface area contributed by atoms with Gasteiger partial charge in [-0.15, -0.1) is 0 Å². The van der Waals surface area contributed by atoms with Crippen LogP contribution in [0, 0.1) is 11.8 Å². The van der Waals surface area contributed by atoms with E-state index in [9.17, 15) is 0 Å². The Bertz CT molecular complexity index is 269. The van der Waals surface area contributed by atoms with Gasteiger partial charge in [-0.2, -0.15) is 0 Å². The molecular weight excluding hydrogens is 228 g/mol. The lowest BCUT2D eigenvalue weighted by molar-refractivity contribution is -0.164. The van der Waals surface area contributed by atoms with Crippen LogP contribution in [-0.2, 0) is 9.47 Å². The Kier molecular flexibility index (Phi) is 4.19. The molecule has 0 saturated carbocycles. The number of rotatable bonds is 4. The Labute approximate surface area is 110 Å². The molecule has 4 heteroatoms. The van der Waals surface area contributed by atoms with Crippen molar-refractivity contribution in [1.82, 2.24) is 10.2 Å². The van der Waals surface area contributed by atoms with E-state index in [0.717, 1.165) is 38.0 Å². The van der Waals surface area contributed by atoms with Gasteiger partial charge in [-0.05, 0) is 51.1 Å². The average Bonchev–Trinajstić information content (AvgIpc) is 2.96. The van der Waals surface area contributed by atoms with E-state index in [1.807, 2.05) is 0 Å². The van der Waals surface area contributed by atoms with Gasteiger partial charge < -0.3 is 14.8 Å². The number of hydrogen-bond donors (Lipinski definition) is 1. The predicted octanol–water partition coefficient (Wildman–Crippen LogP) is 1.07. The Morgan fingerprint density at radius 2 is 2.28 bits per heavy atom. The number of hydrogen-bond acceptors (Lipinski definition) is 4. The standard InChI is InChI=1S/C14H26N2O2/c1-11-13-9-15-8-12(13)10-16(11)5-7-18-14-4-2-3-6-17-14/h11-15H,2-10H2,1H3. The van der Waals surface area contributed by atoms with Gasteiger partial charge in [0.25, 0.3) is 0 Å². The van der Waals surface area contributed by atoms with Crippen molar-refractivity contribution in [1.29, 1.82) is 0 Å². The lowest BCUT2D eigenvalue weighted by Gasteiger charge is -2.27. The summed E-state index contributed by atoms with van der Waals surface area (Å²) in [6, 6.07) is 0.709. The van der Waals surface area contributed by atoms with Gasteiger partial charge in [0.15, 0.2) is 6.29 Å². The molecule has 0 amide bonds. The van der Waals surface area contributed by atoms with Crippen LogP contribution in [-0.4, -0.2) is 56.6 Å². The molecule has 3 rings (SSSR count). The van der Waals surface area contributed by atoms with Crippen molar-refractivity contribution in [3.63, 3.8) is 0 Å². The Hall–Kier alpha value is -0.160. The Morgan fingerprint density at radius 3 is 3.06 bits per heavy atom. The van der Waals surface area contributed by atoms with Gasteiger partial charge in [0.2, 0.25) is 0 Å². The molecule has 3 aliphatic heterocycles. The van der Waals surface area contributed by atoms with E-state index in [1.165, 1.54) is 32.5 Å². The van der Waals surface area contributed by atoms with Gasteiger partial charge in [-0.3, -0.25) is 4.90 Å². The zero-order valence-electron chi connectivity index (χ0n) is 11.4. The molecule has 1 N–H and O–H groups in total. The van der Waals surface area contributed by atoms with Gasteiger partial charge in [0.05, 0.1) is 6.61 Å². The third kappa shape index (κ3) is 2.72. The number of ether oxygens (including phenoxy) is 2. The summed E-state index contributed by atoms with van der Waals surface area (Å²) < 4.78 is 11.4. The third-order valence-corrected chi connectivity index (χ3v) is 4.88. The average molecular weight is 254 g/mol. The lowest BCUT2D eigenvalue weighted by atomic mass is 9.95. The molecule has 4 nitrogen and oxygen atoms in total. The Morgan fingerprint density at radius 1 is 1.33 bits per heavy atom. The van der Waals surface area contributed by atoms with Gasteiger partial charge >= 0.3 is 0 Å². The first-order valence-electron chi connectivity index (χ1n) is 7.52. The molecule has 0 aromatic rings. The molecule has 0 aromatic carbocycles. The number of nitrogens with zero attached hydrogens (tertiary/aromatic N) is 1. The van der Waals surface area contributed by atoms with E-state index >= 15 is 0 Å². The van der Waals surface area contributed by atoms with E-state index in [2.05, 4.69) is 17.1 Å². The van der Waals surface area contributed by atoms with Crippen molar-refractivity contribution >= 4 is 0 Å². The van der Waals surface area contributed by atoms with Crippen molar-refractivity contribution < 1.29 is 9.47 Å². The molecule has 3 saturated heterocycles. The molecule has 4 unspecified atom stereocenters. The molecule has 0 aromatic heterocycles. The molecule has 3 fully saturated rings. The van der Waals surface area contributed by atoms with Crippen LogP contribution in [0.25, 0.3) is 0 Å². The van der Waals surface area contributed by atoms with Crippen LogP contribution in [0.1, 0.15) is 26.2 Å². The summed E-state index contributed by atoms with van der Waals surface area (Å²) in [7, 11) is 0. The van der Waals surface area contributed by atoms with Crippen molar-refractivity contribution in [2.45, 2.75) is 38.5 Å². The fraction of sp³-hybridized carbons (Fsp3) is 1.00. The van der Waals surface area contributed by atoms with Crippen LogP contribution in [0.5, 0.6) is 0 Å². The molecule has 104 valence electrons. The highest BCUT2D eigenvalue weighted by atomic mass is 16.7. The summed E-state index contributed by atoms with van der Waals surface area (Å²) in [5.41, 5.74) is 0. The Balaban J connectivity index is 1.38. The van der Waals surface area contributed by atoms with Crippen LogP contribution >= 0.6 is 0 Å². The number of nitrogens with one attached hydrogen (secondary N) is 1. The van der Waals surface area contributed by atoms with Crippen LogP contribution < -0.4 is 5.32 Å². The van der Waals surface area contributed by atoms with E-state index in [0.29, 0.717) is 6.04 Å². The topological polar surface area (TPSA) is 33.7 Å². The van der Waals surface area contributed by atoms with E-state index in [4.69, 9.17) is 9.47 Å². The molecule has 0 aliphatic carbocycles. The first-order chi connectivity index (χ1) is 8.84. The second kappa shape index (κ2) is 5.87. The smallest absolute Gasteiger partial charge is 0.157 e. The van der Waals surface area contributed by atoms with Gasteiger partial charge in [0.1, 0.15) is 0 Å². The quantitative estimate of drug-likeness (QED) is 0.814. The summed E-state index contributed by atoms with van der Waals surface area (Å²) in [6.45, 7) is 8.78. The predicted molar refractivity (Wildman–Crippen MR) is 70.4 cm³/mol. The molecular formula is C14H26N2O2. The summed E-state index contributed by atoms with van der Waals surface area (Å²) >= 11 is 0. The summed E-state index contributed by atoms with van der Waals surface area (Å²) in [5.74, 6) is 1.72. The molecule has 0 spiro atoms. The van der Waals surface area contributed by atoms with Crippen LogP contribution in [0.15, 0.2) is 0 Å². The number of fused-ring (bicyclic) bond motifs is 1. The van der Waals surface area contributed by atoms with Crippen molar-refractivity contribution in [2.24, 2.45) is 11.8 Å². The van der Waals surface area contributed by atoms with Crippen LogP contribution in [0.2, 0.25) is 0 Å². The highest BCUT2D eigenvalue weighted by Crippen LogP contribution is 2.31. The summed E-state index contributed by atoms with van der Waals surface area (Å²) in [6.07, 6.45) is 3.59. The lowest BCUT2D eigenvalue weighted by Crippen LogP contribution is -2.36. The molecule has 3 heterocycles. The maximum absolute atomic E-state index is 5.84. The molecule has 3 aliphatic rings. The highest BCUT2D eigenvalue weighted by Gasteiger charge is 2.41. The highest BCUT2D eigenvalue weighted by molar-refractivity contribution is 4.96. The summed E-state index contributed by atoms with van der Waals surface area (Å²) in [4.78, 5) is 2.60. The third-order valence-electron chi connectivity index (χ3n) is 4.88. The minimum absolute atomic E-state index is 0.0674. The first-order valence-corrected chi connectivity index (χ1v) is 7.52. The van der Waals surface area contributed by atoms with Crippen LogP contribution in [0.4, 0.5) is 0 Å². The van der Waals surface area contributed by atoms with E-state index in [1.54, 1.807) is 0 Å². The zero-order valence-corrected chi connectivity index (χ0v) is 11.4. The molecule has 0 radical (unpaired) electrons. The summed E-state index contributed by atoms with van der Waals surface area (Å²) in [5, 5.41) is 3.51.